The Hall–Kier alpha value is -3.07. The highest BCUT2D eigenvalue weighted by molar-refractivity contribution is 5.99. The molecule has 1 saturated heterocycles. The van der Waals surface area contributed by atoms with Gasteiger partial charge in [-0.3, -0.25) is 15.2 Å². The van der Waals surface area contributed by atoms with E-state index in [-0.39, 0.29) is 30.2 Å². The van der Waals surface area contributed by atoms with Gasteiger partial charge in [0.05, 0.1) is 18.4 Å². The van der Waals surface area contributed by atoms with Gasteiger partial charge in [-0.2, -0.15) is 5.10 Å². The molecule has 0 radical (unpaired) electrons. The van der Waals surface area contributed by atoms with Crippen LogP contribution in [0.3, 0.4) is 0 Å². The van der Waals surface area contributed by atoms with Crippen LogP contribution in [0.1, 0.15) is 63.8 Å². The van der Waals surface area contributed by atoms with Crippen LogP contribution in [-0.4, -0.2) is 49.6 Å². The first-order chi connectivity index (χ1) is 17.3. The summed E-state index contributed by atoms with van der Waals surface area (Å²) in [5.74, 6) is -0.883. The molecule has 1 fully saturated rings. The molecule has 1 atom stereocenters. The van der Waals surface area contributed by atoms with E-state index in [4.69, 9.17) is 9.60 Å². The van der Waals surface area contributed by atoms with E-state index in [0.29, 0.717) is 35.0 Å². The summed E-state index contributed by atoms with van der Waals surface area (Å²) < 4.78 is 71.8. The number of hydrogen-bond donors (Lipinski definition) is 1. The third kappa shape index (κ3) is 3.19. The normalized spacial score (nSPS) is 24.6. The largest absolute Gasteiger partial charge is 0.349 e. The smallest absolute Gasteiger partial charge is 0.271 e. The van der Waals surface area contributed by atoms with Gasteiger partial charge in [0, 0.05) is 47.0 Å². The van der Waals surface area contributed by atoms with E-state index in [0.717, 1.165) is 12.6 Å². The molecule has 30 heavy (non-hydrogen) atoms. The van der Waals surface area contributed by atoms with Gasteiger partial charge in [-0.1, -0.05) is 0 Å². The summed E-state index contributed by atoms with van der Waals surface area (Å²) >= 11 is 0. The maximum Gasteiger partial charge on any atom is 0.271 e. The summed E-state index contributed by atoms with van der Waals surface area (Å²) in [5.41, 5.74) is 3.43. The van der Waals surface area contributed by atoms with Crippen LogP contribution < -0.4 is 10.3 Å². The molecule has 0 aromatic carbocycles. The predicted octanol–water partition coefficient (Wildman–Crippen LogP) is 2.52. The summed E-state index contributed by atoms with van der Waals surface area (Å²) in [7, 11) is 0. The first-order valence-corrected chi connectivity index (χ1v) is 9.65. The zero-order chi connectivity index (χ0) is 26.8. The number of pyridine rings is 1. The van der Waals surface area contributed by atoms with Crippen molar-refractivity contribution in [3.8, 4) is 0 Å². The maximum atomic E-state index is 14.4. The van der Waals surface area contributed by atoms with Crippen LogP contribution in [0.4, 0.5) is 10.2 Å². The van der Waals surface area contributed by atoms with Crippen molar-refractivity contribution in [2.75, 3.05) is 18.0 Å². The average Bonchev–Trinajstić information content (AvgIpc) is 3.46. The molecule has 1 amide bonds. The van der Waals surface area contributed by atoms with Gasteiger partial charge in [0.15, 0.2) is 5.65 Å². The standard InChI is InChI=1S/C21H24FN7O/c1-13(2)28-8-5-17-15(10-14(22)11-23-17)18-4-3-7-27(18)19-6-9-29-20(25-19)16(12-24-29)21(30)26-28/h6,9-13,18H,3-5,7-8H2,1-2H3,(H,26,30)/t18-/m1/s1/i1D3,2D3,13D. The fourth-order valence-corrected chi connectivity index (χ4v) is 4.15. The Morgan fingerprint density at radius 1 is 1.37 bits per heavy atom. The van der Waals surface area contributed by atoms with Crippen LogP contribution in [0, 0.1) is 5.82 Å². The Kier molecular flexibility index (Phi) is 3.07. The number of hydrogen-bond acceptors (Lipinski definition) is 6. The number of halogens is 1. The molecule has 2 aliphatic heterocycles. The van der Waals surface area contributed by atoms with Gasteiger partial charge in [0.2, 0.25) is 0 Å². The lowest BCUT2D eigenvalue weighted by Gasteiger charge is -2.29. The highest BCUT2D eigenvalue weighted by Crippen LogP contribution is 2.37. The van der Waals surface area contributed by atoms with Gasteiger partial charge in [0.25, 0.3) is 5.91 Å². The molecule has 8 nitrogen and oxygen atoms in total. The minimum Gasteiger partial charge on any atom is -0.349 e. The monoisotopic (exact) mass is 416 g/mol. The van der Waals surface area contributed by atoms with Crippen LogP contribution in [0.15, 0.2) is 30.7 Å². The number of aromatic nitrogens is 4. The molecule has 3 aromatic heterocycles. The number of anilines is 1. The second kappa shape index (κ2) is 7.32. The topological polar surface area (TPSA) is 78.7 Å². The summed E-state index contributed by atoms with van der Waals surface area (Å²) in [4.78, 5) is 24.2. The van der Waals surface area contributed by atoms with Gasteiger partial charge in [0.1, 0.15) is 17.2 Å². The van der Waals surface area contributed by atoms with E-state index in [9.17, 15) is 9.18 Å². The Balaban J connectivity index is 1.71. The molecule has 5 heterocycles. The number of rotatable bonds is 1. The summed E-state index contributed by atoms with van der Waals surface area (Å²) in [6.45, 7) is -6.44. The van der Waals surface area contributed by atoms with E-state index >= 15 is 0 Å². The summed E-state index contributed by atoms with van der Waals surface area (Å²) in [6, 6.07) is -0.408. The van der Waals surface area contributed by atoms with Crippen LogP contribution in [-0.2, 0) is 6.42 Å². The lowest BCUT2D eigenvalue weighted by Crippen LogP contribution is -2.47. The van der Waals surface area contributed by atoms with E-state index in [2.05, 4.69) is 20.5 Å². The van der Waals surface area contributed by atoms with Gasteiger partial charge in [-0.15, -0.1) is 0 Å². The third-order valence-electron chi connectivity index (χ3n) is 5.55. The van der Waals surface area contributed by atoms with Crippen LogP contribution in [0.5, 0.6) is 0 Å². The Morgan fingerprint density at radius 2 is 2.27 bits per heavy atom. The first kappa shape index (κ1) is 12.6. The van der Waals surface area contributed by atoms with Crippen molar-refractivity contribution in [1.82, 2.24) is 30.0 Å². The molecule has 5 rings (SSSR count). The van der Waals surface area contributed by atoms with Gasteiger partial charge in [-0.25, -0.2) is 18.9 Å². The first-order valence-electron chi connectivity index (χ1n) is 13.2. The van der Waals surface area contributed by atoms with E-state index in [1.54, 1.807) is 12.3 Å². The Morgan fingerprint density at radius 3 is 3.13 bits per heavy atom. The van der Waals surface area contributed by atoms with E-state index < -0.39 is 31.4 Å². The van der Waals surface area contributed by atoms with Gasteiger partial charge >= 0.3 is 0 Å². The van der Waals surface area contributed by atoms with Crippen LogP contribution in [0.2, 0.25) is 0 Å². The third-order valence-corrected chi connectivity index (χ3v) is 5.55. The minimum absolute atomic E-state index is 0.0260. The summed E-state index contributed by atoms with van der Waals surface area (Å²) in [6.07, 6.45) is 5.30. The zero-order valence-electron chi connectivity index (χ0n) is 23.0. The molecular weight excluding hydrogens is 385 g/mol. The van der Waals surface area contributed by atoms with E-state index in [1.807, 2.05) is 4.90 Å². The van der Waals surface area contributed by atoms with Gasteiger partial charge < -0.3 is 4.90 Å². The van der Waals surface area contributed by atoms with Crippen LogP contribution in [0.25, 0.3) is 5.65 Å². The van der Waals surface area contributed by atoms with Crippen molar-refractivity contribution >= 4 is 17.4 Å². The maximum absolute atomic E-state index is 14.4. The van der Waals surface area contributed by atoms with Crippen LogP contribution >= 0.6 is 0 Å². The molecule has 0 saturated carbocycles. The number of fused-ring (bicyclic) bond motifs is 5. The van der Waals surface area contributed by atoms with Crippen molar-refractivity contribution in [3.63, 3.8) is 0 Å². The lowest BCUT2D eigenvalue weighted by atomic mass is 10.0. The molecule has 0 aliphatic carbocycles. The number of nitrogens with one attached hydrogen (secondary N) is 1. The highest BCUT2D eigenvalue weighted by atomic mass is 19.1. The van der Waals surface area contributed by atoms with E-state index in [1.165, 1.54) is 16.8 Å². The molecule has 2 aliphatic rings. The van der Waals surface area contributed by atoms with Gasteiger partial charge in [-0.05, 0) is 44.2 Å². The predicted molar refractivity (Wildman–Crippen MR) is 110 cm³/mol. The molecule has 0 spiro atoms. The van der Waals surface area contributed by atoms with Crippen molar-refractivity contribution in [2.24, 2.45) is 0 Å². The molecule has 0 unspecified atom stereocenters. The molecule has 2 bridgehead atoms. The van der Waals surface area contributed by atoms with Crippen molar-refractivity contribution < 1.29 is 18.8 Å². The van der Waals surface area contributed by atoms with Crippen molar-refractivity contribution in [3.05, 3.63) is 53.4 Å². The zero-order valence-corrected chi connectivity index (χ0v) is 16.0. The number of nitrogens with zero attached hydrogens (tertiary/aromatic N) is 6. The van der Waals surface area contributed by atoms with Crippen molar-refractivity contribution in [1.29, 1.82) is 0 Å². The average molecular weight is 417 g/mol. The molecule has 156 valence electrons. The Labute approximate surface area is 183 Å². The van der Waals surface area contributed by atoms with Crippen molar-refractivity contribution in [2.45, 2.75) is 45.0 Å². The lowest BCUT2D eigenvalue weighted by molar-refractivity contribution is 0.0727. The molecule has 3 aromatic rings. The molecular formula is C21H24FN7O. The number of amides is 1. The number of carbonyl (C=O) groups excluding carboxylic acids is 1. The number of carbonyl (C=O) groups is 1. The quantitative estimate of drug-likeness (QED) is 0.657. The fourth-order valence-electron chi connectivity index (χ4n) is 4.15. The fraction of sp³-hybridized carbons (Fsp3) is 0.429. The highest BCUT2D eigenvalue weighted by Gasteiger charge is 2.31. The Bertz CT molecular complexity index is 1350. The molecule has 1 N–H and O–H groups in total. The second-order valence-corrected chi connectivity index (χ2v) is 7.34. The molecule has 9 heteroatoms. The summed E-state index contributed by atoms with van der Waals surface area (Å²) in [5, 5.41) is 4.74. The SMILES string of the molecule is [2H]C([2H])([2H])C([2H])(N1CCc2ncc(F)cc2[C@H]2CCCN2c2ccn3ncc(c3n2)C(=O)N1)C([2H])([2H])[2H]. The second-order valence-electron chi connectivity index (χ2n) is 7.34. The number of hydrazine groups is 1. The minimum atomic E-state index is -3.34.